The number of hydrogen-bond acceptors (Lipinski definition) is 6. The van der Waals surface area contributed by atoms with Crippen LogP contribution < -0.4 is 5.56 Å². The number of H-pyrrole nitrogens is 1. The molecule has 0 aliphatic heterocycles. The van der Waals surface area contributed by atoms with E-state index in [9.17, 15) is 9.59 Å². The van der Waals surface area contributed by atoms with Gasteiger partial charge in [0.1, 0.15) is 5.65 Å². The highest BCUT2D eigenvalue weighted by molar-refractivity contribution is 7.71. The summed E-state index contributed by atoms with van der Waals surface area (Å²) >= 11 is 5.16. The molecule has 2 rings (SSSR count). The van der Waals surface area contributed by atoms with Crippen LogP contribution in [0.3, 0.4) is 0 Å². The summed E-state index contributed by atoms with van der Waals surface area (Å²) in [4.78, 5) is 30.9. The molecule has 0 saturated heterocycles. The summed E-state index contributed by atoms with van der Waals surface area (Å²) in [6, 6.07) is 1.52. The molecule has 0 aliphatic carbocycles. The molecule has 0 saturated carbocycles. The Bertz CT molecular complexity index is 809. The number of ether oxygens (including phenoxy) is 2. The number of pyridine rings is 1. The fraction of sp³-hybridized carbons (Fsp3) is 0.385. The summed E-state index contributed by atoms with van der Waals surface area (Å²) in [7, 11) is 2.83. The van der Waals surface area contributed by atoms with E-state index in [0.717, 1.165) is 0 Å². The normalized spacial score (nSPS) is 10.8. The minimum Gasteiger partial charge on any atom is -0.465 e. The molecule has 0 spiro atoms. The number of aryl methyl sites for hydroxylation is 1. The Balaban J connectivity index is 2.88. The van der Waals surface area contributed by atoms with E-state index in [2.05, 4.69) is 9.97 Å². The van der Waals surface area contributed by atoms with Crippen LogP contribution in [0.4, 0.5) is 0 Å². The maximum Gasteiger partial charge on any atom is 0.338 e. The molecule has 2 aromatic rings. The molecule has 0 fully saturated rings. The highest BCUT2D eigenvalue weighted by Gasteiger charge is 2.18. The van der Waals surface area contributed by atoms with Gasteiger partial charge in [-0.3, -0.25) is 9.78 Å². The van der Waals surface area contributed by atoms with Crippen LogP contribution in [0.25, 0.3) is 11.0 Å². The van der Waals surface area contributed by atoms with Crippen molar-refractivity contribution in [3.05, 3.63) is 32.4 Å². The molecule has 2 heterocycles. The number of nitrogens with one attached hydrogen (secondary N) is 1. The Hall–Kier alpha value is -2.06. The Morgan fingerprint density at radius 2 is 2.19 bits per heavy atom. The maximum absolute atomic E-state index is 12.2. The van der Waals surface area contributed by atoms with E-state index in [4.69, 9.17) is 21.7 Å². The van der Waals surface area contributed by atoms with Crippen LogP contribution in [0.2, 0.25) is 0 Å². The smallest absolute Gasteiger partial charge is 0.338 e. The van der Waals surface area contributed by atoms with Crippen molar-refractivity contribution in [1.82, 2.24) is 14.5 Å². The highest BCUT2D eigenvalue weighted by atomic mass is 32.1. The first-order valence-electron chi connectivity index (χ1n) is 6.21. The van der Waals surface area contributed by atoms with E-state index in [0.29, 0.717) is 24.5 Å². The van der Waals surface area contributed by atoms with E-state index in [1.54, 1.807) is 18.6 Å². The van der Waals surface area contributed by atoms with Crippen LogP contribution in [-0.4, -0.2) is 41.3 Å². The first-order valence-corrected chi connectivity index (χ1v) is 6.62. The van der Waals surface area contributed by atoms with Gasteiger partial charge in [-0.15, -0.1) is 0 Å². The zero-order chi connectivity index (χ0) is 15.6. The van der Waals surface area contributed by atoms with E-state index >= 15 is 0 Å². The molecule has 1 N–H and O–H groups in total. The zero-order valence-corrected chi connectivity index (χ0v) is 12.7. The molecule has 0 unspecified atom stereocenters. The lowest BCUT2D eigenvalue weighted by molar-refractivity contribution is 0.0602. The topological polar surface area (TPSA) is 86.2 Å². The van der Waals surface area contributed by atoms with E-state index in [1.807, 2.05) is 0 Å². The number of carbonyl (C=O) groups is 1. The Morgan fingerprint density at radius 1 is 1.48 bits per heavy atom. The van der Waals surface area contributed by atoms with Gasteiger partial charge in [0.05, 0.1) is 31.2 Å². The lowest BCUT2D eigenvalue weighted by Gasteiger charge is -2.12. The molecule has 2 aromatic heterocycles. The van der Waals surface area contributed by atoms with Crippen LogP contribution in [0.15, 0.2) is 10.9 Å². The second kappa shape index (κ2) is 6.15. The predicted molar refractivity (Wildman–Crippen MR) is 79.1 cm³/mol. The summed E-state index contributed by atoms with van der Waals surface area (Å²) in [5.41, 5.74) is 0.647. The molecule has 0 amide bonds. The van der Waals surface area contributed by atoms with Gasteiger partial charge in [-0.05, 0) is 25.2 Å². The standard InChI is InChI=1S/C13H15N3O4S/c1-7-6-8(12(18)20-3)9-10(14-7)16(4-5-19-2)13(21)15-11(9)17/h6H,4-5H2,1-3H3,(H,15,17,21). The fourth-order valence-corrected chi connectivity index (χ4v) is 2.33. The second-order valence-electron chi connectivity index (χ2n) is 4.41. The van der Waals surface area contributed by atoms with Crippen LogP contribution in [0.1, 0.15) is 16.1 Å². The Labute approximate surface area is 125 Å². The number of hydrogen-bond donors (Lipinski definition) is 1. The zero-order valence-electron chi connectivity index (χ0n) is 11.9. The minimum atomic E-state index is -0.591. The van der Waals surface area contributed by atoms with Gasteiger partial charge in [0.2, 0.25) is 0 Å². The average Bonchev–Trinajstić information content (AvgIpc) is 2.45. The quantitative estimate of drug-likeness (QED) is 0.674. The highest BCUT2D eigenvalue weighted by Crippen LogP contribution is 2.16. The van der Waals surface area contributed by atoms with Gasteiger partial charge in [0.25, 0.3) is 5.56 Å². The number of esters is 1. The third-order valence-electron chi connectivity index (χ3n) is 3.00. The molecular weight excluding hydrogens is 294 g/mol. The molecule has 0 atom stereocenters. The number of nitrogens with zero attached hydrogens (tertiary/aromatic N) is 2. The molecule has 0 aliphatic rings. The first kappa shape index (κ1) is 15.3. The fourth-order valence-electron chi connectivity index (χ4n) is 2.06. The minimum absolute atomic E-state index is 0.164. The van der Waals surface area contributed by atoms with Gasteiger partial charge < -0.3 is 14.0 Å². The molecule has 0 aromatic carbocycles. The largest absolute Gasteiger partial charge is 0.465 e. The first-order chi connectivity index (χ1) is 9.99. The van der Waals surface area contributed by atoms with Crippen molar-refractivity contribution in [3.8, 4) is 0 Å². The lowest BCUT2D eigenvalue weighted by atomic mass is 10.1. The number of carbonyl (C=O) groups excluding carboxylic acids is 1. The van der Waals surface area contributed by atoms with E-state index in [-0.39, 0.29) is 15.7 Å². The molecule has 112 valence electrons. The molecule has 0 radical (unpaired) electrons. The van der Waals surface area contributed by atoms with Crippen molar-refractivity contribution in [2.45, 2.75) is 13.5 Å². The van der Waals surface area contributed by atoms with Crippen molar-refractivity contribution < 1.29 is 14.3 Å². The third-order valence-corrected chi connectivity index (χ3v) is 3.32. The summed E-state index contributed by atoms with van der Waals surface area (Å²) in [6.07, 6.45) is 0. The summed E-state index contributed by atoms with van der Waals surface area (Å²) in [5, 5.41) is 0.164. The van der Waals surface area contributed by atoms with Gasteiger partial charge in [-0.25, -0.2) is 9.78 Å². The molecule has 0 bridgehead atoms. The SMILES string of the molecule is COCCn1c(=S)[nH]c(=O)c2c(C(=O)OC)cc(C)nc21. The van der Waals surface area contributed by atoms with Gasteiger partial charge in [0, 0.05) is 12.8 Å². The molecule has 7 nitrogen and oxygen atoms in total. The lowest BCUT2D eigenvalue weighted by Crippen LogP contribution is -2.20. The van der Waals surface area contributed by atoms with Crippen LogP contribution >= 0.6 is 12.2 Å². The predicted octanol–water partition coefficient (Wildman–Crippen LogP) is 1.20. The van der Waals surface area contributed by atoms with Crippen LogP contribution in [0.5, 0.6) is 0 Å². The van der Waals surface area contributed by atoms with Gasteiger partial charge in [-0.2, -0.15) is 0 Å². The molecule has 8 heteroatoms. The number of aromatic nitrogens is 3. The van der Waals surface area contributed by atoms with Crippen molar-refractivity contribution in [2.75, 3.05) is 20.8 Å². The average molecular weight is 309 g/mol. The third kappa shape index (κ3) is 2.86. The van der Waals surface area contributed by atoms with E-state index < -0.39 is 11.5 Å². The van der Waals surface area contributed by atoms with Crippen LogP contribution in [-0.2, 0) is 16.0 Å². The molecule has 21 heavy (non-hydrogen) atoms. The number of rotatable bonds is 4. The summed E-state index contributed by atoms with van der Waals surface area (Å²) in [6.45, 7) is 2.55. The Morgan fingerprint density at radius 3 is 2.81 bits per heavy atom. The summed E-state index contributed by atoms with van der Waals surface area (Å²) < 4.78 is 11.6. The Kier molecular flexibility index (Phi) is 4.49. The van der Waals surface area contributed by atoms with E-state index in [1.165, 1.54) is 13.2 Å². The monoisotopic (exact) mass is 309 g/mol. The van der Waals surface area contributed by atoms with Gasteiger partial charge in [0.15, 0.2) is 4.77 Å². The second-order valence-corrected chi connectivity index (χ2v) is 4.79. The van der Waals surface area contributed by atoms with Crippen LogP contribution in [0, 0.1) is 11.7 Å². The summed E-state index contributed by atoms with van der Waals surface area (Å²) in [5.74, 6) is -0.591. The van der Waals surface area contributed by atoms with Crippen molar-refractivity contribution >= 4 is 29.2 Å². The number of methoxy groups -OCH3 is 2. The van der Waals surface area contributed by atoms with Gasteiger partial charge in [-0.1, -0.05) is 0 Å². The van der Waals surface area contributed by atoms with Gasteiger partial charge >= 0.3 is 5.97 Å². The van der Waals surface area contributed by atoms with Crippen molar-refractivity contribution in [1.29, 1.82) is 0 Å². The maximum atomic E-state index is 12.2. The number of aromatic amines is 1. The van der Waals surface area contributed by atoms with Crippen molar-refractivity contribution in [3.63, 3.8) is 0 Å². The van der Waals surface area contributed by atoms with Crippen molar-refractivity contribution in [2.24, 2.45) is 0 Å². The number of fused-ring (bicyclic) bond motifs is 1. The molecular formula is C13H15N3O4S.